The monoisotopic (exact) mass is 475 g/mol. The molecule has 10 heteroatoms. The number of aliphatic hydroxyl groups excluding tert-OH is 1. The number of aliphatic hydroxyl groups is 1. The van der Waals surface area contributed by atoms with E-state index in [2.05, 4.69) is 20.5 Å². The number of hydrogen-bond donors (Lipinski definition) is 3. The summed E-state index contributed by atoms with van der Waals surface area (Å²) in [7, 11) is 4.86. The molecular formula is C25H25N5O5. The zero-order chi connectivity index (χ0) is 24.9. The van der Waals surface area contributed by atoms with Gasteiger partial charge in [0.25, 0.3) is 5.91 Å². The fraction of sp³-hybridized carbons (Fsp3) is 0.200. The fourth-order valence-electron chi connectivity index (χ4n) is 3.65. The molecule has 0 saturated heterocycles. The number of fused-ring (bicyclic) bond motifs is 1. The molecule has 35 heavy (non-hydrogen) atoms. The first-order valence-corrected chi connectivity index (χ1v) is 10.8. The van der Waals surface area contributed by atoms with Gasteiger partial charge in [-0.2, -0.15) is 5.10 Å². The maximum absolute atomic E-state index is 12.9. The molecule has 0 spiro atoms. The predicted octanol–water partition coefficient (Wildman–Crippen LogP) is 3.54. The normalized spacial score (nSPS) is 10.7. The average molecular weight is 476 g/mol. The molecule has 0 fully saturated rings. The number of carbonyl (C=O) groups is 2. The van der Waals surface area contributed by atoms with Crippen LogP contribution in [-0.4, -0.2) is 71.6 Å². The van der Waals surface area contributed by atoms with Crippen LogP contribution in [0.3, 0.4) is 0 Å². The lowest BCUT2D eigenvalue weighted by atomic mass is 10.0. The second-order valence-electron chi connectivity index (χ2n) is 7.84. The molecule has 0 aliphatic heterocycles. The van der Waals surface area contributed by atoms with Crippen molar-refractivity contribution in [1.82, 2.24) is 20.1 Å². The molecule has 0 aliphatic rings. The van der Waals surface area contributed by atoms with E-state index >= 15 is 0 Å². The Kier molecular flexibility index (Phi) is 6.93. The Bertz CT molecular complexity index is 1380. The number of aromatic nitrogens is 3. The molecule has 0 aliphatic carbocycles. The van der Waals surface area contributed by atoms with E-state index < -0.39 is 6.09 Å². The Hall–Kier alpha value is -4.44. The van der Waals surface area contributed by atoms with Crippen molar-refractivity contribution in [2.24, 2.45) is 0 Å². The number of benzene rings is 2. The lowest BCUT2D eigenvalue weighted by molar-refractivity contribution is 0.0828. The highest BCUT2D eigenvalue weighted by molar-refractivity contribution is 6.04. The topological polar surface area (TPSA) is 130 Å². The van der Waals surface area contributed by atoms with Crippen LogP contribution < -0.4 is 10.1 Å². The van der Waals surface area contributed by atoms with Crippen molar-refractivity contribution in [3.05, 3.63) is 60.3 Å². The van der Waals surface area contributed by atoms with Gasteiger partial charge in [0, 0.05) is 36.8 Å². The Morgan fingerprint density at radius 1 is 1.11 bits per heavy atom. The molecule has 3 N–H and O–H groups in total. The lowest BCUT2D eigenvalue weighted by Crippen LogP contribution is -2.24. The van der Waals surface area contributed by atoms with Gasteiger partial charge in [-0.3, -0.25) is 15.2 Å². The average Bonchev–Trinajstić information content (AvgIpc) is 3.30. The zero-order valence-corrected chi connectivity index (χ0v) is 19.5. The number of H-pyrrole nitrogens is 1. The molecule has 0 radical (unpaired) electrons. The van der Waals surface area contributed by atoms with Gasteiger partial charge in [0.2, 0.25) is 0 Å². The highest BCUT2D eigenvalue weighted by Crippen LogP contribution is 2.35. The zero-order valence-electron chi connectivity index (χ0n) is 19.5. The minimum Gasteiger partial charge on any atom is -0.496 e. The van der Waals surface area contributed by atoms with Crippen LogP contribution in [0.15, 0.2) is 54.7 Å². The number of rotatable bonds is 7. The van der Waals surface area contributed by atoms with Crippen LogP contribution in [0.5, 0.6) is 5.75 Å². The Labute approximate surface area is 201 Å². The number of nitrogens with one attached hydrogen (secondary N) is 2. The molecular weight excluding hydrogens is 450 g/mol. The lowest BCUT2D eigenvalue weighted by Gasteiger charge is -2.16. The summed E-state index contributed by atoms with van der Waals surface area (Å²) in [5, 5.41) is 19.6. The van der Waals surface area contributed by atoms with Crippen molar-refractivity contribution in [2.45, 2.75) is 0 Å². The van der Waals surface area contributed by atoms with E-state index in [9.17, 15) is 9.59 Å². The molecule has 180 valence electrons. The quantitative estimate of drug-likeness (QED) is 0.373. The van der Waals surface area contributed by atoms with Crippen molar-refractivity contribution < 1.29 is 24.2 Å². The first-order chi connectivity index (χ1) is 16.9. The van der Waals surface area contributed by atoms with Crippen LogP contribution in [0.25, 0.3) is 33.4 Å². The Balaban J connectivity index is 1.77. The first-order valence-electron chi connectivity index (χ1n) is 10.8. The van der Waals surface area contributed by atoms with E-state index in [1.807, 2.05) is 30.3 Å². The number of anilines is 1. The van der Waals surface area contributed by atoms with E-state index in [4.69, 9.17) is 14.6 Å². The van der Waals surface area contributed by atoms with Crippen molar-refractivity contribution in [3.8, 4) is 28.1 Å². The maximum Gasteiger partial charge on any atom is 0.411 e. The van der Waals surface area contributed by atoms with E-state index in [0.29, 0.717) is 17.1 Å². The summed E-state index contributed by atoms with van der Waals surface area (Å²) in [6, 6.07) is 14.7. The number of pyridine rings is 1. The van der Waals surface area contributed by atoms with E-state index in [-0.39, 0.29) is 24.7 Å². The molecule has 2 aromatic heterocycles. The van der Waals surface area contributed by atoms with Crippen LogP contribution >= 0.6 is 0 Å². The van der Waals surface area contributed by atoms with Crippen LogP contribution in [0.2, 0.25) is 0 Å². The van der Waals surface area contributed by atoms with E-state index in [1.54, 1.807) is 45.6 Å². The third-order valence-electron chi connectivity index (χ3n) is 5.34. The van der Waals surface area contributed by atoms with Gasteiger partial charge >= 0.3 is 6.09 Å². The second kappa shape index (κ2) is 10.2. The van der Waals surface area contributed by atoms with Gasteiger partial charge in [0.05, 0.1) is 30.7 Å². The van der Waals surface area contributed by atoms with E-state index in [1.165, 1.54) is 4.90 Å². The largest absolute Gasteiger partial charge is 0.496 e. The minimum absolute atomic E-state index is 0.147. The van der Waals surface area contributed by atoms with Gasteiger partial charge in [0.1, 0.15) is 12.4 Å². The summed E-state index contributed by atoms with van der Waals surface area (Å²) < 4.78 is 10.4. The number of aromatic amines is 1. The standard InChI is InChI=1S/C25H25N5O5/c1-30(2)24(32)18-12-15(8-9-20(18)27-25(33)35-11-10-31)16-13-19-22(28-29-23(19)26-14-16)17-6-4-5-7-21(17)34-3/h4-9,12-14,31H,10-11H2,1-3H3,(H,27,33)(H,26,28,29). The molecule has 0 saturated carbocycles. The van der Waals surface area contributed by atoms with Crippen molar-refractivity contribution >= 4 is 28.7 Å². The van der Waals surface area contributed by atoms with Gasteiger partial charge in [-0.15, -0.1) is 0 Å². The molecule has 2 heterocycles. The summed E-state index contributed by atoms with van der Waals surface area (Å²) in [5.74, 6) is 0.405. The molecule has 2 aromatic carbocycles. The molecule has 0 unspecified atom stereocenters. The molecule has 0 atom stereocenters. The van der Waals surface area contributed by atoms with Crippen LogP contribution in [-0.2, 0) is 4.74 Å². The van der Waals surface area contributed by atoms with Crippen LogP contribution in [0.4, 0.5) is 10.5 Å². The van der Waals surface area contributed by atoms with Gasteiger partial charge in [-0.05, 0) is 35.9 Å². The predicted molar refractivity (Wildman–Crippen MR) is 131 cm³/mol. The summed E-state index contributed by atoms with van der Waals surface area (Å²) in [6.07, 6.45) is 0.916. The second-order valence-corrected chi connectivity index (χ2v) is 7.84. The number of amides is 2. The number of nitrogens with zero attached hydrogens (tertiary/aromatic N) is 3. The highest BCUT2D eigenvalue weighted by Gasteiger charge is 2.19. The molecule has 10 nitrogen and oxygen atoms in total. The maximum atomic E-state index is 12.9. The number of carbonyl (C=O) groups excluding carboxylic acids is 2. The summed E-state index contributed by atoms with van der Waals surface area (Å²) in [5.41, 5.74) is 4.22. The van der Waals surface area contributed by atoms with Gasteiger partial charge in [-0.25, -0.2) is 9.78 Å². The highest BCUT2D eigenvalue weighted by atomic mass is 16.6. The van der Waals surface area contributed by atoms with E-state index in [0.717, 1.165) is 27.8 Å². The Morgan fingerprint density at radius 3 is 2.66 bits per heavy atom. The SMILES string of the molecule is COc1ccccc1-c1[nH]nc2ncc(-c3ccc(NC(=O)OCCO)c(C(=O)N(C)C)c3)cc12. The first kappa shape index (κ1) is 23.7. The van der Waals surface area contributed by atoms with Crippen molar-refractivity contribution in [2.75, 3.05) is 39.7 Å². The molecule has 4 rings (SSSR count). The molecule has 2 amide bonds. The minimum atomic E-state index is -0.762. The third-order valence-corrected chi connectivity index (χ3v) is 5.34. The summed E-state index contributed by atoms with van der Waals surface area (Å²) in [6.45, 7) is -0.442. The van der Waals surface area contributed by atoms with Crippen molar-refractivity contribution in [3.63, 3.8) is 0 Å². The molecule has 0 bridgehead atoms. The van der Waals surface area contributed by atoms with Gasteiger partial charge in [0.15, 0.2) is 5.65 Å². The smallest absolute Gasteiger partial charge is 0.411 e. The fourth-order valence-corrected chi connectivity index (χ4v) is 3.65. The summed E-state index contributed by atoms with van der Waals surface area (Å²) in [4.78, 5) is 30.8. The van der Waals surface area contributed by atoms with Crippen LogP contribution in [0, 0.1) is 0 Å². The van der Waals surface area contributed by atoms with Gasteiger partial charge in [-0.1, -0.05) is 18.2 Å². The van der Waals surface area contributed by atoms with Gasteiger partial charge < -0.3 is 19.5 Å². The number of ether oxygens (including phenoxy) is 2. The number of hydrogen-bond acceptors (Lipinski definition) is 7. The third kappa shape index (κ3) is 4.92. The Morgan fingerprint density at radius 2 is 1.91 bits per heavy atom. The number of methoxy groups -OCH3 is 1. The number of para-hydroxylation sites is 1. The van der Waals surface area contributed by atoms with Crippen molar-refractivity contribution in [1.29, 1.82) is 0 Å². The summed E-state index contributed by atoms with van der Waals surface area (Å²) >= 11 is 0. The van der Waals surface area contributed by atoms with Crippen LogP contribution in [0.1, 0.15) is 10.4 Å². The molecule has 4 aromatic rings.